The first kappa shape index (κ1) is 11.4. The Hall–Kier alpha value is -0.570. The van der Waals surface area contributed by atoms with E-state index in [0.29, 0.717) is 6.61 Å². The standard InChI is InChI=1S/C9H18O3/c1-7(6-11-5)12-8(10)9(2,3)4/h7H,6H2,1-5H3/t7-/m0/s1. The fourth-order valence-electron chi connectivity index (χ4n) is 0.628. The third-order valence-corrected chi connectivity index (χ3v) is 1.32. The second-order valence-corrected chi connectivity index (χ2v) is 3.92. The van der Waals surface area contributed by atoms with Gasteiger partial charge in [-0.25, -0.2) is 0 Å². The fourth-order valence-corrected chi connectivity index (χ4v) is 0.628. The summed E-state index contributed by atoms with van der Waals surface area (Å²) < 4.78 is 9.93. The molecule has 0 rings (SSSR count). The minimum Gasteiger partial charge on any atom is -0.460 e. The van der Waals surface area contributed by atoms with E-state index in [1.807, 2.05) is 27.7 Å². The highest BCUT2D eigenvalue weighted by Crippen LogP contribution is 2.16. The first-order chi connectivity index (χ1) is 5.38. The molecule has 3 heteroatoms. The normalized spacial score (nSPS) is 14.1. The Morgan fingerprint density at radius 1 is 1.42 bits per heavy atom. The minimum atomic E-state index is -0.429. The Balaban J connectivity index is 3.85. The first-order valence-electron chi connectivity index (χ1n) is 4.08. The molecule has 0 spiro atoms. The third-order valence-electron chi connectivity index (χ3n) is 1.32. The van der Waals surface area contributed by atoms with Gasteiger partial charge in [0.25, 0.3) is 0 Å². The van der Waals surface area contributed by atoms with Crippen molar-refractivity contribution in [3.8, 4) is 0 Å². The summed E-state index contributed by atoms with van der Waals surface area (Å²) in [5.74, 6) is -0.188. The van der Waals surface area contributed by atoms with Gasteiger partial charge in [0.15, 0.2) is 0 Å². The van der Waals surface area contributed by atoms with Gasteiger partial charge in [0.1, 0.15) is 6.10 Å². The van der Waals surface area contributed by atoms with E-state index in [4.69, 9.17) is 9.47 Å². The fraction of sp³-hybridized carbons (Fsp3) is 0.889. The van der Waals surface area contributed by atoms with Gasteiger partial charge < -0.3 is 9.47 Å². The Morgan fingerprint density at radius 2 is 1.92 bits per heavy atom. The number of esters is 1. The molecule has 0 aromatic rings. The lowest BCUT2D eigenvalue weighted by Gasteiger charge is -2.20. The second kappa shape index (κ2) is 4.45. The van der Waals surface area contributed by atoms with Crippen LogP contribution in [0.25, 0.3) is 0 Å². The zero-order valence-corrected chi connectivity index (χ0v) is 8.51. The Morgan fingerprint density at radius 3 is 2.25 bits per heavy atom. The van der Waals surface area contributed by atoms with E-state index in [1.54, 1.807) is 7.11 Å². The number of rotatable bonds is 3. The van der Waals surface area contributed by atoms with Crippen molar-refractivity contribution in [3.05, 3.63) is 0 Å². The number of ether oxygens (including phenoxy) is 2. The van der Waals surface area contributed by atoms with E-state index >= 15 is 0 Å². The average molecular weight is 174 g/mol. The van der Waals surface area contributed by atoms with Crippen LogP contribution in [-0.4, -0.2) is 25.8 Å². The molecule has 0 saturated carbocycles. The smallest absolute Gasteiger partial charge is 0.311 e. The van der Waals surface area contributed by atoms with E-state index in [-0.39, 0.29) is 12.1 Å². The summed E-state index contributed by atoms with van der Waals surface area (Å²) in [5, 5.41) is 0. The van der Waals surface area contributed by atoms with Crippen LogP contribution in [0.3, 0.4) is 0 Å². The zero-order chi connectivity index (χ0) is 9.78. The van der Waals surface area contributed by atoms with Crippen molar-refractivity contribution in [1.29, 1.82) is 0 Å². The van der Waals surface area contributed by atoms with Gasteiger partial charge in [-0.2, -0.15) is 0 Å². The molecule has 0 aromatic heterocycles. The Kier molecular flexibility index (Phi) is 4.24. The number of carbonyl (C=O) groups is 1. The summed E-state index contributed by atoms with van der Waals surface area (Å²) in [6.45, 7) is 7.74. The lowest BCUT2D eigenvalue weighted by molar-refractivity contribution is -0.160. The SMILES string of the molecule is COC[C@H](C)OC(=O)C(C)(C)C. The molecule has 0 saturated heterocycles. The molecule has 0 N–H and O–H groups in total. The topological polar surface area (TPSA) is 35.5 Å². The number of methoxy groups -OCH3 is 1. The maximum Gasteiger partial charge on any atom is 0.311 e. The lowest BCUT2D eigenvalue weighted by Crippen LogP contribution is -2.28. The number of carbonyl (C=O) groups excluding carboxylic acids is 1. The van der Waals surface area contributed by atoms with E-state index in [1.165, 1.54) is 0 Å². The molecule has 0 fully saturated rings. The predicted octanol–water partition coefficient (Wildman–Crippen LogP) is 1.61. The largest absolute Gasteiger partial charge is 0.460 e. The molecule has 12 heavy (non-hydrogen) atoms. The monoisotopic (exact) mass is 174 g/mol. The molecule has 0 aromatic carbocycles. The lowest BCUT2D eigenvalue weighted by atomic mass is 9.97. The van der Waals surface area contributed by atoms with Crippen molar-refractivity contribution in [1.82, 2.24) is 0 Å². The molecule has 0 aliphatic carbocycles. The zero-order valence-electron chi connectivity index (χ0n) is 8.51. The van der Waals surface area contributed by atoms with E-state index < -0.39 is 5.41 Å². The Labute approximate surface area is 74.0 Å². The first-order valence-corrected chi connectivity index (χ1v) is 4.08. The van der Waals surface area contributed by atoms with Crippen molar-refractivity contribution >= 4 is 5.97 Å². The van der Waals surface area contributed by atoms with Gasteiger partial charge in [-0.1, -0.05) is 0 Å². The molecule has 0 radical (unpaired) electrons. The van der Waals surface area contributed by atoms with Crippen molar-refractivity contribution in [2.75, 3.05) is 13.7 Å². The molecule has 0 bridgehead atoms. The molecule has 0 aliphatic rings. The van der Waals surface area contributed by atoms with Crippen LogP contribution in [0, 0.1) is 5.41 Å². The van der Waals surface area contributed by atoms with Gasteiger partial charge in [-0.05, 0) is 27.7 Å². The molecule has 72 valence electrons. The van der Waals surface area contributed by atoms with Crippen molar-refractivity contribution in [3.63, 3.8) is 0 Å². The molecule has 0 heterocycles. The van der Waals surface area contributed by atoms with E-state index in [9.17, 15) is 4.79 Å². The third kappa shape index (κ3) is 4.34. The molecular weight excluding hydrogens is 156 g/mol. The van der Waals surface area contributed by atoms with Crippen LogP contribution in [0.15, 0.2) is 0 Å². The van der Waals surface area contributed by atoms with Crippen LogP contribution in [0.5, 0.6) is 0 Å². The summed E-state index contributed by atoms with van der Waals surface area (Å²) in [6.07, 6.45) is -0.165. The van der Waals surface area contributed by atoms with E-state index in [0.717, 1.165) is 0 Å². The molecule has 3 nitrogen and oxygen atoms in total. The average Bonchev–Trinajstić information content (AvgIpc) is 1.85. The Bertz CT molecular complexity index is 146. The summed E-state index contributed by atoms with van der Waals surface area (Å²) in [7, 11) is 1.58. The highest BCUT2D eigenvalue weighted by molar-refractivity contribution is 5.75. The molecule has 0 aliphatic heterocycles. The molecule has 1 atom stereocenters. The van der Waals surface area contributed by atoms with Gasteiger partial charge >= 0.3 is 5.97 Å². The highest BCUT2D eigenvalue weighted by atomic mass is 16.6. The summed E-state index contributed by atoms with van der Waals surface area (Å²) in [5.41, 5.74) is -0.429. The summed E-state index contributed by atoms with van der Waals surface area (Å²) >= 11 is 0. The maximum atomic E-state index is 11.3. The molecule has 0 amide bonds. The van der Waals surface area contributed by atoms with Gasteiger partial charge in [0.2, 0.25) is 0 Å². The van der Waals surface area contributed by atoms with Crippen molar-refractivity contribution in [2.24, 2.45) is 5.41 Å². The van der Waals surface area contributed by atoms with Gasteiger partial charge in [-0.3, -0.25) is 4.79 Å². The van der Waals surface area contributed by atoms with Gasteiger partial charge in [0.05, 0.1) is 12.0 Å². The van der Waals surface area contributed by atoms with Crippen LogP contribution < -0.4 is 0 Å². The number of hydrogen-bond acceptors (Lipinski definition) is 3. The second-order valence-electron chi connectivity index (χ2n) is 3.92. The molecular formula is C9H18O3. The minimum absolute atomic E-state index is 0.165. The van der Waals surface area contributed by atoms with Crippen LogP contribution in [-0.2, 0) is 14.3 Å². The summed E-state index contributed by atoms with van der Waals surface area (Å²) in [6, 6.07) is 0. The number of hydrogen-bond donors (Lipinski definition) is 0. The van der Waals surface area contributed by atoms with Crippen LogP contribution in [0.4, 0.5) is 0 Å². The highest BCUT2D eigenvalue weighted by Gasteiger charge is 2.24. The van der Waals surface area contributed by atoms with Crippen molar-refractivity contribution in [2.45, 2.75) is 33.8 Å². The maximum absolute atomic E-state index is 11.3. The van der Waals surface area contributed by atoms with Crippen molar-refractivity contribution < 1.29 is 14.3 Å². The quantitative estimate of drug-likeness (QED) is 0.610. The summed E-state index contributed by atoms with van der Waals surface area (Å²) in [4.78, 5) is 11.3. The van der Waals surface area contributed by atoms with Crippen LogP contribution in [0.2, 0.25) is 0 Å². The van der Waals surface area contributed by atoms with Gasteiger partial charge in [-0.15, -0.1) is 0 Å². The van der Waals surface area contributed by atoms with Crippen LogP contribution >= 0.6 is 0 Å². The van der Waals surface area contributed by atoms with E-state index in [2.05, 4.69) is 0 Å². The predicted molar refractivity (Wildman–Crippen MR) is 46.9 cm³/mol. The molecule has 0 unspecified atom stereocenters. The van der Waals surface area contributed by atoms with Crippen LogP contribution in [0.1, 0.15) is 27.7 Å². The van der Waals surface area contributed by atoms with Gasteiger partial charge in [0, 0.05) is 7.11 Å².